The third-order valence-corrected chi connectivity index (χ3v) is 7.05. The maximum absolute atomic E-state index is 13.7. The molecule has 1 aliphatic carbocycles. The monoisotopic (exact) mass is 465 g/mol. The predicted molar refractivity (Wildman–Crippen MR) is 129 cm³/mol. The van der Waals surface area contributed by atoms with Crippen molar-refractivity contribution in [2.45, 2.75) is 38.5 Å². The summed E-state index contributed by atoms with van der Waals surface area (Å²) in [6.07, 6.45) is 1.05. The molecule has 1 heterocycles. The van der Waals surface area contributed by atoms with Gasteiger partial charge in [-0.2, -0.15) is 11.8 Å². The lowest BCUT2D eigenvalue weighted by molar-refractivity contribution is -0.138. The van der Waals surface area contributed by atoms with Gasteiger partial charge >= 0.3 is 5.97 Å². The number of allylic oxidation sites excluding steroid dienone is 3. The fourth-order valence-electron chi connectivity index (χ4n) is 4.67. The van der Waals surface area contributed by atoms with E-state index in [0.717, 1.165) is 22.8 Å². The summed E-state index contributed by atoms with van der Waals surface area (Å²) in [5.74, 6) is 0.383. The molecule has 0 saturated carbocycles. The molecule has 2 aromatic rings. The number of hydrogen-bond acceptors (Lipinski definition) is 5. The van der Waals surface area contributed by atoms with Crippen LogP contribution in [-0.4, -0.2) is 29.9 Å². The third-order valence-electron chi connectivity index (χ3n) is 6.19. The summed E-state index contributed by atoms with van der Waals surface area (Å²) in [5.41, 5.74) is 4.37. The highest BCUT2D eigenvalue weighted by molar-refractivity contribution is 7.99. The number of carbonyl (C=O) groups excluding carboxylic acids is 2. The summed E-state index contributed by atoms with van der Waals surface area (Å²) in [5, 5.41) is 3.35. The molecule has 0 fully saturated rings. The van der Waals surface area contributed by atoms with Gasteiger partial charge in [-0.05, 0) is 48.3 Å². The lowest BCUT2D eigenvalue weighted by Gasteiger charge is -2.36. The number of Topliss-reactive ketones (excluding diaryl/α,β-unsaturated/α-hetero) is 1. The minimum Gasteiger partial charge on any atom is -0.461 e. The molecular weight excluding hydrogens is 437 g/mol. The van der Waals surface area contributed by atoms with Crippen molar-refractivity contribution in [1.29, 1.82) is 0 Å². The first-order chi connectivity index (χ1) is 16.0. The molecule has 0 radical (unpaired) electrons. The Morgan fingerprint density at radius 3 is 2.52 bits per heavy atom. The quantitative estimate of drug-likeness (QED) is 0.433. The molecule has 4 rings (SSSR count). The van der Waals surface area contributed by atoms with Crippen LogP contribution in [0.4, 0.5) is 4.39 Å². The number of hydrogen-bond donors (Lipinski definition) is 1. The molecule has 0 saturated heterocycles. The van der Waals surface area contributed by atoms with Crippen molar-refractivity contribution in [2.75, 3.05) is 18.1 Å². The molecule has 0 amide bonds. The Labute approximate surface area is 198 Å². The summed E-state index contributed by atoms with van der Waals surface area (Å²) in [4.78, 5) is 26.6. The smallest absolute Gasteiger partial charge is 0.336 e. The molecular formula is C27H28FNO3S. The molecule has 33 heavy (non-hydrogen) atoms. The molecule has 1 aliphatic heterocycles. The summed E-state index contributed by atoms with van der Waals surface area (Å²) < 4.78 is 19.2. The van der Waals surface area contributed by atoms with Crippen molar-refractivity contribution < 1.29 is 18.7 Å². The topological polar surface area (TPSA) is 55.4 Å². The van der Waals surface area contributed by atoms with Crippen LogP contribution in [0.2, 0.25) is 0 Å². The normalized spacial score (nSPS) is 20.4. The first-order valence-electron chi connectivity index (χ1n) is 11.3. The van der Waals surface area contributed by atoms with E-state index in [2.05, 4.69) is 12.2 Å². The lowest BCUT2D eigenvalue weighted by atomic mass is 9.72. The van der Waals surface area contributed by atoms with Gasteiger partial charge in [0.1, 0.15) is 12.4 Å². The van der Waals surface area contributed by atoms with Gasteiger partial charge in [-0.25, -0.2) is 9.18 Å². The molecule has 1 N–H and O–H groups in total. The molecule has 2 aromatic carbocycles. The van der Waals surface area contributed by atoms with E-state index >= 15 is 0 Å². The zero-order chi connectivity index (χ0) is 23.4. The zero-order valence-corrected chi connectivity index (χ0v) is 19.7. The number of halogens is 1. The second-order valence-corrected chi connectivity index (χ2v) is 9.71. The summed E-state index contributed by atoms with van der Waals surface area (Å²) in [7, 11) is 0. The Morgan fingerprint density at radius 2 is 1.82 bits per heavy atom. The largest absolute Gasteiger partial charge is 0.461 e. The van der Waals surface area contributed by atoms with Crippen molar-refractivity contribution in [3.8, 4) is 0 Å². The SMILES string of the molecule is CCSCCOC(=O)C1=C(C)NC2=C(C(=O)C[C@H](c3ccccc3)C2)[C@H]1c1ccc(F)cc1. The minimum atomic E-state index is -0.572. The molecule has 2 atom stereocenters. The zero-order valence-electron chi connectivity index (χ0n) is 18.9. The van der Waals surface area contributed by atoms with Gasteiger partial charge in [-0.3, -0.25) is 4.79 Å². The number of benzene rings is 2. The number of nitrogens with one attached hydrogen (secondary N) is 1. The van der Waals surface area contributed by atoms with Crippen LogP contribution in [0.1, 0.15) is 49.7 Å². The van der Waals surface area contributed by atoms with Crippen LogP contribution in [0.25, 0.3) is 0 Å². The van der Waals surface area contributed by atoms with Crippen LogP contribution in [0.3, 0.4) is 0 Å². The van der Waals surface area contributed by atoms with Gasteiger partial charge < -0.3 is 10.1 Å². The van der Waals surface area contributed by atoms with Crippen molar-refractivity contribution in [3.63, 3.8) is 0 Å². The van der Waals surface area contributed by atoms with Crippen LogP contribution in [0, 0.1) is 5.82 Å². The second-order valence-electron chi connectivity index (χ2n) is 8.31. The van der Waals surface area contributed by atoms with E-state index < -0.39 is 11.9 Å². The van der Waals surface area contributed by atoms with Crippen LogP contribution >= 0.6 is 11.8 Å². The van der Waals surface area contributed by atoms with Gasteiger partial charge in [0.2, 0.25) is 0 Å². The third kappa shape index (κ3) is 5.06. The average Bonchev–Trinajstić information content (AvgIpc) is 2.82. The maximum atomic E-state index is 13.7. The lowest BCUT2D eigenvalue weighted by Crippen LogP contribution is -2.36. The van der Waals surface area contributed by atoms with E-state index in [-0.39, 0.29) is 17.5 Å². The molecule has 0 bridgehead atoms. The minimum absolute atomic E-state index is 0.00580. The Kier molecular flexibility index (Phi) is 7.33. The Morgan fingerprint density at radius 1 is 1.09 bits per heavy atom. The highest BCUT2D eigenvalue weighted by atomic mass is 32.2. The van der Waals surface area contributed by atoms with E-state index in [1.54, 1.807) is 23.9 Å². The van der Waals surface area contributed by atoms with Crippen molar-refractivity contribution >= 4 is 23.5 Å². The number of esters is 1. The van der Waals surface area contributed by atoms with Crippen molar-refractivity contribution in [3.05, 3.63) is 94.1 Å². The van der Waals surface area contributed by atoms with E-state index in [9.17, 15) is 14.0 Å². The van der Waals surface area contributed by atoms with E-state index in [1.165, 1.54) is 12.1 Å². The predicted octanol–water partition coefficient (Wildman–Crippen LogP) is 5.48. The van der Waals surface area contributed by atoms with Crippen molar-refractivity contribution in [2.24, 2.45) is 0 Å². The number of rotatable bonds is 7. The number of ether oxygens (including phenoxy) is 1. The van der Waals surface area contributed by atoms with Gasteiger partial charge in [0, 0.05) is 35.1 Å². The van der Waals surface area contributed by atoms with Crippen LogP contribution in [0.5, 0.6) is 0 Å². The molecule has 0 aromatic heterocycles. The first-order valence-corrected chi connectivity index (χ1v) is 12.4. The summed E-state index contributed by atoms with van der Waals surface area (Å²) in [6, 6.07) is 16.1. The Balaban J connectivity index is 1.70. The van der Waals surface area contributed by atoms with E-state index in [1.807, 2.05) is 37.3 Å². The number of ketones is 1. The fraction of sp³-hybridized carbons (Fsp3) is 0.333. The molecule has 0 spiro atoms. The summed E-state index contributed by atoms with van der Waals surface area (Å²) in [6.45, 7) is 4.20. The van der Waals surface area contributed by atoms with Crippen LogP contribution in [-0.2, 0) is 14.3 Å². The highest BCUT2D eigenvalue weighted by Crippen LogP contribution is 2.45. The Hall–Kier alpha value is -2.86. The number of thioether (sulfide) groups is 1. The van der Waals surface area contributed by atoms with Gasteiger partial charge in [0.05, 0.1) is 5.57 Å². The molecule has 6 heteroatoms. The first kappa shape index (κ1) is 23.3. The molecule has 4 nitrogen and oxygen atoms in total. The maximum Gasteiger partial charge on any atom is 0.336 e. The molecule has 2 aliphatic rings. The van der Waals surface area contributed by atoms with Crippen LogP contribution < -0.4 is 5.32 Å². The van der Waals surface area contributed by atoms with Gasteiger partial charge in [0.15, 0.2) is 5.78 Å². The van der Waals surface area contributed by atoms with Crippen molar-refractivity contribution in [1.82, 2.24) is 5.32 Å². The van der Waals surface area contributed by atoms with E-state index in [0.29, 0.717) is 41.9 Å². The number of carbonyl (C=O) groups is 2. The molecule has 0 unspecified atom stereocenters. The van der Waals surface area contributed by atoms with Gasteiger partial charge in [-0.1, -0.05) is 49.4 Å². The highest BCUT2D eigenvalue weighted by Gasteiger charge is 2.41. The van der Waals surface area contributed by atoms with Gasteiger partial charge in [0.25, 0.3) is 0 Å². The van der Waals surface area contributed by atoms with E-state index in [4.69, 9.17) is 4.74 Å². The molecule has 172 valence electrons. The second kappa shape index (κ2) is 10.4. The standard InChI is InChI=1S/C27H28FNO3S/c1-3-33-14-13-32-27(31)24-17(2)29-22-15-20(18-7-5-4-6-8-18)16-23(30)26(22)25(24)19-9-11-21(28)12-10-19/h4-12,20,25,29H,3,13-16H2,1-2H3/t20-,25+/m1/s1. The van der Waals surface area contributed by atoms with Crippen LogP contribution in [0.15, 0.2) is 77.1 Å². The fourth-order valence-corrected chi connectivity index (χ4v) is 5.16. The number of dihydropyridines is 1. The summed E-state index contributed by atoms with van der Waals surface area (Å²) >= 11 is 1.70. The van der Waals surface area contributed by atoms with Gasteiger partial charge in [-0.15, -0.1) is 0 Å². The average molecular weight is 466 g/mol. The Bertz CT molecular complexity index is 1090.